The van der Waals surface area contributed by atoms with Crippen LogP contribution in [0.5, 0.6) is 0 Å². The van der Waals surface area contributed by atoms with Crippen LogP contribution in [0.3, 0.4) is 0 Å². The lowest BCUT2D eigenvalue weighted by atomic mass is 9.86. The number of hydrogen-bond acceptors (Lipinski definition) is 9. The number of rotatable bonds is 19. The predicted octanol–water partition coefficient (Wildman–Crippen LogP) is -1.06. The molecule has 0 aliphatic heterocycles. The largest absolute Gasteiger partial charge is 0.481 e. The standard InChI is InChI=1S/C23H29N7O3.C9H17N3O5/c24-21(25)28-14-4-13-23(20(32)33,15-17-5-2-1-3-6-17)30-19(31)12-9-16-7-10-18(11-8-16)29-22(26)27;10-3-1-2-6(9(16)17)12-8(15)5(11)4-7(13)14/h1-3,5-12H,4,13-15H2,(H,30,31)(H,32,33)(H4,24,25,28)(H4,26,27,29);5-6H,1-4,10-11H2,(H,12,15)(H,13,14)(H,16,17)/t23-;5-,6+/m10/s1. The second-order valence-electron chi connectivity index (χ2n) is 10.9. The predicted molar refractivity (Wildman–Crippen MR) is 188 cm³/mol. The Morgan fingerprint density at radius 1 is 0.880 bits per heavy atom. The minimum atomic E-state index is -1.53. The molecule has 0 spiro atoms. The number of nitrogens with one attached hydrogen (secondary N) is 2. The van der Waals surface area contributed by atoms with Crippen LogP contribution in [0.25, 0.3) is 6.08 Å². The van der Waals surface area contributed by atoms with Gasteiger partial charge in [0.25, 0.3) is 0 Å². The van der Waals surface area contributed by atoms with E-state index in [-0.39, 0.29) is 37.7 Å². The molecule has 3 atom stereocenters. The van der Waals surface area contributed by atoms with Crippen molar-refractivity contribution in [3.63, 3.8) is 0 Å². The topological polar surface area (TPSA) is 351 Å². The summed E-state index contributed by atoms with van der Waals surface area (Å²) >= 11 is 0. The van der Waals surface area contributed by atoms with Gasteiger partial charge in [-0.05, 0) is 61.6 Å². The Kier molecular flexibility index (Phi) is 18.3. The zero-order chi connectivity index (χ0) is 37.7. The molecule has 0 unspecified atom stereocenters. The molecular formula is C32H46N10O8. The molecule has 272 valence electrons. The van der Waals surface area contributed by atoms with Gasteiger partial charge in [-0.25, -0.2) is 14.6 Å². The number of carboxylic acid groups (broad SMARTS) is 3. The molecule has 0 radical (unpaired) electrons. The molecule has 0 saturated heterocycles. The van der Waals surface area contributed by atoms with E-state index < -0.39 is 53.8 Å². The van der Waals surface area contributed by atoms with Gasteiger partial charge in [-0.1, -0.05) is 42.5 Å². The van der Waals surface area contributed by atoms with Crippen LogP contribution in [0.15, 0.2) is 70.7 Å². The molecule has 0 aromatic heterocycles. The molecule has 18 heteroatoms. The lowest BCUT2D eigenvalue weighted by Crippen LogP contribution is -2.56. The van der Waals surface area contributed by atoms with E-state index in [2.05, 4.69) is 20.6 Å². The van der Waals surface area contributed by atoms with E-state index >= 15 is 0 Å². The third-order valence-corrected chi connectivity index (χ3v) is 6.80. The fourth-order valence-corrected chi connectivity index (χ4v) is 4.36. The number of aliphatic carboxylic acids is 3. The summed E-state index contributed by atoms with van der Waals surface area (Å²) in [6.07, 6.45) is 3.54. The van der Waals surface area contributed by atoms with Crippen LogP contribution >= 0.6 is 0 Å². The number of guanidine groups is 2. The maximum Gasteiger partial charge on any atom is 0.329 e. The van der Waals surface area contributed by atoms with Gasteiger partial charge in [-0.15, -0.1) is 0 Å². The van der Waals surface area contributed by atoms with Crippen molar-refractivity contribution >= 4 is 53.4 Å². The van der Waals surface area contributed by atoms with Gasteiger partial charge < -0.3 is 60.4 Å². The Labute approximate surface area is 288 Å². The van der Waals surface area contributed by atoms with Crippen molar-refractivity contribution in [2.24, 2.45) is 44.4 Å². The average Bonchev–Trinajstić information content (AvgIpc) is 3.04. The van der Waals surface area contributed by atoms with Crippen molar-refractivity contribution in [1.29, 1.82) is 0 Å². The van der Waals surface area contributed by atoms with E-state index in [1.165, 1.54) is 6.08 Å². The summed E-state index contributed by atoms with van der Waals surface area (Å²) < 4.78 is 0. The summed E-state index contributed by atoms with van der Waals surface area (Å²) in [6, 6.07) is 13.6. The first kappa shape index (κ1) is 42.0. The van der Waals surface area contributed by atoms with Crippen molar-refractivity contribution in [2.75, 3.05) is 13.1 Å². The van der Waals surface area contributed by atoms with Crippen LogP contribution in [-0.4, -0.2) is 87.7 Å². The van der Waals surface area contributed by atoms with Crippen molar-refractivity contribution < 1.29 is 39.3 Å². The summed E-state index contributed by atoms with van der Waals surface area (Å²) in [5, 5.41) is 32.2. The van der Waals surface area contributed by atoms with Crippen molar-refractivity contribution in [3.8, 4) is 0 Å². The molecule has 0 fully saturated rings. The minimum absolute atomic E-state index is 0.0547. The highest BCUT2D eigenvalue weighted by Crippen LogP contribution is 2.21. The fourth-order valence-electron chi connectivity index (χ4n) is 4.36. The van der Waals surface area contributed by atoms with Gasteiger partial charge in [-0.2, -0.15) is 0 Å². The summed E-state index contributed by atoms with van der Waals surface area (Å²) in [6.45, 7) is 0.556. The normalized spacial score (nSPS) is 12.9. The number of carbonyl (C=O) groups is 5. The Bertz CT molecular complexity index is 1510. The summed E-state index contributed by atoms with van der Waals surface area (Å²) in [4.78, 5) is 65.3. The zero-order valence-electron chi connectivity index (χ0n) is 27.4. The third kappa shape index (κ3) is 16.7. The number of benzene rings is 2. The van der Waals surface area contributed by atoms with E-state index in [1.54, 1.807) is 30.3 Å². The van der Waals surface area contributed by atoms with Crippen LogP contribution < -0.4 is 45.0 Å². The van der Waals surface area contributed by atoms with Crippen LogP contribution in [-0.2, 0) is 30.4 Å². The Morgan fingerprint density at radius 2 is 1.52 bits per heavy atom. The smallest absolute Gasteiger partial charge is 0.329 e. The average molecular weight is 699 g/mol. The molecule has 2 rings (SSSR count). The maximum atomic E-state index is 12.7. The van der Waals surface area contributed by atoms with Gasteiger partial charge in [0.2, 0.25) is 11.8 Å². The monoisotopic (exact) mass is 698 g/mol. The van der Waals surface area contributed by atoms with Gasteiger partial charge in [0.1, 0.15) is 11.6 Å². The highest BCUT2D eigenvalue weighted by molar-refractivity contribution is 5.96. The Morgan fingerprint density at radius 3 is 2.04 bits per heavy atom. The van der Waals surface area contributed by atoms with Crippen molar-refractivity contribution in [1.82, 2.24) is 10.6 Å². The number of nitrogens with zero attached hydrogens (tertiary/aromatic N) is 2. The highest BCUT2D eigenvalue weighted by atomic mass is 16.4. The van der Waals surface area contributed by atoms with Crippen LogP contribution in [0.4, 0.5) is 5.69 Å². The number of nitrogens with two attached hydrogens (primary N) is 6. The molecule has 0 saturated carbocycles. The summed E-state index contributed by atoms with van der Waals surface area (Å²) in [7, 11) is 0. The van der Waals surface area contributed by atoms with E-state index in [0.717, 1.165) is 11.1 Å². The van der Waals surface area contributed by atoms with E-state index in [4.69, 9.17) is 44.6 Å². The number of aliphatic imine (C=N–C) groups is 2. The molecule has 0 heterocycles. The second-order valence-corrected chi connectivity index (χ2v) is 10.9. The zero-order valence-corrected chi connectivity index (χ0v) is 27.4. The van der Waals surface area contributed by atoms with Gasteiger partial charge in [0.05, 0.1) is 18.2 Å². The lowest BCUT2D eigenvalue weighted by Gasteiger charge is -2.30. The Balaban J connectivity index is 0.000000621. The summed E-state index contributed by atoms with van der Waals surface area (Å²) in [5.74, 6) is -5.02. The molecule has 0 aliphatic carbocycles. The number of amides is 2. The Hall–Kier alpha value is -6.01. The van der Waals surface area contributed by atoms with Crippen molar-refractivity contribution in [2.45, 2.75) is 56.1 Å². The number of carboxylic acids is 3. The molecule has 0 bridgehead atoms. The van der Waals surface area contributed by atoms with Gasteiger partial charge in [-0.3, -0.25) is 19.4 Å². The number of hydrogen-bond donors (Lipinski definition) is 11. The quantitative estimate of drug-likeness (QED) is 0.0360. The molecule has 17 N–H and O–H groups in total. The molecule has 2 aromatic rings. The SMILES string of the molecule is NC(N)=NCCC[C@](Cc1ccccc1)(NC(=O)C=Cc1ccc(N=C(N)N)cc1)C(=O)O.NCCC[C@@H](NC(=O)[C@@H](N)CC(=O)O)C(=O)O. The fraction of sp³-hybridized carbons (Fsp3) is 0.344. The number of carbonyl (C=O) groups excluding carboxylic acids is 2. The maximum absolute atomic E-state index is 12.7. The molecule has 18 nitrogen and oxygen atoms in total. The van der Waals surface area contributed by atoms with E-state index in [9.17, 15) is 29.1 Å². The third-order valence-electron chi connectivity index (χ3n) is 6.80. The van der Waals surface area contributed by atoms with Crippen molar-refractivity contribution in [3.05, 3.63) is 71.8 Å². The van der Waals surface area contributed by atoms with Crippen LogP contribution in [0.1, 0.15) is 43.2 Å². The molecule has 2 amide bonds. The second kappa shape index (κ2) is 21.8. The van der Waals surface area contributed by atoms with E-state index in [0.29, 0.717) is 25.1 Å². The van der Waals surface area contributed by atoms with Gasteiger partial charge in [0, 0.05) is 19.0 Å². The molecular weight excluding hydrogens is 652 g/mol. The van der Waals surface area contributed by atoms with Crippen LogP contribution in [0.2, 0.25) is 0 Å². The molecule has 0 aliphatic rings. The van der Waals surface area contributed by atoms with Gasteiger partial charge in [0.15, 0.2) is 11.9 Å². The first-order valence-electron chi connectivity index (χ1n) is 15.3. The lowest BCUT2D eigenvalue weighted by molar-refractivity contribution is -0.147. The first-order valence-corrected chi connectivity index (χ1v) is 15.3. The highest BCUT2D eigenvalue weighted by Gasteiger charge is 2.39. The van der Waals surface area contributed by atoms with Gasteiger partial charge >= 0.3 is 17.9 Å². The molecule has 2 aromatic carbocycles. The van der Waals surface area contributed by atoms with Crippen LogP contribution in [0, 0.1) is 0 Å². The molecule has 50 heavy (non-hydrogen) atoms. The van der Waals surface area contributed by atoms with E-state index in [1.807, 2.05) is 30.3 Å². The minimum Gasteiger partial charge on any atom is -0.481 e. The summed E-state index contributed by atoms with van der Waals surface area (Å²) in [5.41, 5.74) is 32.4. The first-order chi connectivity index (χ1) is 23.6.